The second-order valence-electron chi connectivity index (χ2n) is 8.08. The number of amides is 1. The molecule has 0 saturated heterocycles. The average Bonchev–Trinajstić information content (AvgIpc) is 2.71. The average molecular weight is 404 g/mol. The van der Waals surface area contributed by atoms with Crippen LogP contribution in [0.4, 0.5) is 0 Å². The fourth-order valence-electron chi connectivity index (χ4n) is 4.38. The van der Waals surface area contributed by atoms with E-state index in [1.807, 2.05) is 24.9 Å². The standard InChI is InChI=1S/C23H37N3O3/c1-8-26(16-27)23(3,9-10-24-4)22-12-17(2)11-20-18(15-25(22)5)13-19(28-6)14-21(20)29-7/h12-14,16-17,24H,8-11,15H2,1-7H3/b22-12-/t17-,23?/m1/s1. The highest BCUT2D eigenvalue weighted by Gasteiger charge is 2.37. The lowest BCUT2D eigenvalue weighted by atomic mass is 9.84. The molecule has 2 rings (SSSR count). The Morgan fingerprint density at radius 2 is 2.07 bits per heavy atom. The summed E-state index contributed by atoms with van der Waals surface area (Å²) in [6.07, 6.45) is 5.03. The van der Waals surface area contributed by atoms with E-state index in [4.69, 9.17) is 9.47 Å². The van der Waals surface area contributed by atoms with E-state index < -0.39 is 0 Å². The van der Waals surface area contributed by atoms with Crippen LogP contribution in [-0.4, -0.2) is 63.2 Å². The fourth-order valence-corrected chi connectivity index (χ4v) is 4.38. The lowest BCUT2D eigenvalue weighted by Gasteiger charge is -2.45. The van der Waals surface area contributed by atoms with Gasteiger partial charge in [0.25, 0.3) is 0 Å². The number of allylic oxidation sites excluding steroid dienone is 1. The molecule has 1 N–H and O–H groups in total. The Morgan fingerprint density at radius 1 is 1.34 bits per heavy atom. The highest BCUT2D eigenvalue weighted by Crippen LogP contribution is 2.37. The van der Waals surface area contributed by atoms with Crippen LogP contribution in [0.25, 0.3) is 0 Å². The smallest absolute Gasteiger partial charge is 0.210 e. The summed E-state index contributed by atoms with van der Waals surface area (Å²) in [5.74, 6) is 1.97. The molecule has 1 heterocycles. The number of fused-ring (bicyclic) bond motifs is 1. The summed E-state index contributed by atoms with van der Waals surface area (Å²) in [6, 6.07) is 4.06. The quantitative estimate of drug-likeness (QED) is 0.642. The van der Waals surface area contributed by atoms with Crippen LogP contribution < -0.4 is 14.8 Å². The minimum absolute atomic E-state index is 0.299. The van der Waals surface area contributed by atoms with Crippen molar-refractivity contribution in [3.63, 3.8) is 0 Å². The van der Waals surface area contributed by atoms with Crippen molar-refractivity contribution < 1.29 is 14.3 Å². The van der Waals surface area contributed by atoms with Crippen LogP contribution in [-0.2, 0) is 17.8 Å². The van der Waals surface area contributed by atoms with Gasteiger partial charge in [-0.2, -0.15) is 0 Å². The molecule has 1 unspecified atom stereocenters. The second-order valence-corrected chi connectivity index (χ2v) is 8.08. The summed E-state index contributed by atoms with van der Waals surface area (Å²) in [5, 5.41) is 3.24. The molecule has 0 fully saturated rings. The van der Waals surface area contributed by atoms with E-state index in [-0.39, 0.29) is 5.54 Å². The molecule has 1 amide bonds. The summed E-state index contributed by atoms with van der Waals surface area (Å²) in [5.41, 5.74) is 3.22. The van der Waals surface area contributed by atoms with E-state index in [2.05, 4.69) is 43.3 Å². The molecule has 6 heteroatoms. The Bertz CT molecular complexity index is 734. The maximum Gasteiger partial charge on any atom is 0.210 e. The van der Waals surface area contributed by atoms with Gasteiger partial charge >= 0.3 is 0 Å². The molecule has 0 aromatic heterocycles. The molecule has 1 aliphatic heterocycles. The number of benzene rings is 1. The van der Waals surface area contributed by atoms with Crippen LogP contribution >= 0.6 is 0 Å². The minimum atomic E-state index is -0.386. The molecule has 0 radical (unpaired) electrons. The van der Waals surface area contributed by atoms with Crippen molar-refractivity contribution in [2.24, 2.45) is 5.92 Å². The number of likely N-dealkylation sites (N-methyl/N-ethyl adjacent to an activating group) is 2. The van der Waals surface area contributed by atoms with Gasteiger partial charge in [-0.05, 0) is 63.4 Å². The molecule has 162 valence electrons. The third-order valence-electron chi connectivity index (χ3n) is 6.03. The Balaban J connectivity index is 2.54. The molecule has 0 bridgehead atoms. The Morgan fingerprint density at radius 3 is 2.62 bits per heavy atom. The summed E-state index contributed by atoms with van der Waals surface area (Å²) in [6.45, 7) is 8.66. The molecule has 29 heavy (non-hydrogen) atoms. The molecule has 6 nitrogen and oxygen atoms in total. The Kier molecular flexibility index (Phi) is 7.96. The molecule has 1 aromatic carbocycles. The molecule has 1 aliphatic rings. The van der Waals surface area contributed by atoms with Crippen LogP contribution in [0, 0.1) is 5.92 Å². The molecule has 1 aromatic rings. The van der Waals surface area contributed by atoms with Crippen molar-refractivity contribution in [2.45, 2.75) is 45.7 Å². The Hall–Kier alpha value is -2.21. The van der Waals surface area contributed by atoms with E-state index in [9.17, 15) is 4.79 Å². The van der Waals surface area contributed by atoms with E-state index in [0.717, 1.165) is 43.8 Å². The van der Waals surface area contributed by atoms with Gasteiger partial charge in [-0.25, -0.2) is 0 Å². The summed E-state index contributed by atoms with van der Waals surface area (Å²) in [7, 11) is 7.45. The third-order valence-corrected chi connectivity index (χ3v) is 6.03. The van der Waals surface area contributed by atoms with Crippen LogP contribution in [0.3, 0.4) is 0 Å². The van der Waals surface area contributed by atoms with Crippen molar-refractivity contribution in [3.8, 4) is 11.5 Å². The predicted molar refractivity (Wildman–Crippen MR) is 117 cm³/mol. The zero-order chi connectivity index (χ0) is 21.6. The maximum absolute atomic E-state index is 11.9. The summed E-state index contributed by atoms with van der Waals surface area (Å²) >= 11 is 0. The number of rotatable bonds is 9. The first-order valence-electron chi connectivity index (χ1n) is 10.4. The van der Waals surface area contributed by atoms with Crippen LogP contribution in [0.15, 0.2) is 23.9 Å². The maximum atomic E-state index is 11.9. The zero-order valence-electron chi connectivity index (χ0n) is 19.0. The summed E-state index contributed by atoms with van der Waals surface area (Å²) < 4.78 is 11.2. The van der Waals surface area contributed by atoms with Crippen molar-refractivity contribution >= 4 is 6.41 Å². The number of carbonyl (C=O) groups excluding carboxylic acids is 1. The number of hydrogen-bond donors (Lipinski definition) is 1. The lowest BCUT2D eigenvalue weighted by molar-refractivity contribution is -0.122. The number of hydrogen-bond acceptors (Lipinski definition) is 5. The van der Waals surface area contributed by atoms with Crippen LogP contribution in [0.5, 0.6) is 11.5 Å². The van der Waals surface area contributed by atoms with Gasteiger partial charge in [-0.1, -0.05) is 13.0 Å². The van der Waals surface area contributed by atoms with Gasteiger partial charge < -0.3 is 24.6 Å². The molecule has 0 aliphatic carbocycles. The molecular formula is C23H37N3O3. The normalized spacial score (nSPS) is 20.4. The molecule has 2 atom stereocenters. The predicted octanol–water partition coefficient (Wildman–Crippen LogP) is 3.06. The van der Waals surface area contributed by atoms with Gasteiger partial charge in [0.15, 0.2) is 0 Å². The zero-order valence-corrected chi connectivity index (χ0v) is 19.0. The van der Waals surface area contributed by atoms with Crippen molar-refractivity contribution in [2.75, 3.05) is 41.4 Å². The second kappa shape index (κ2) is 10.0. The van der Waals surface area contributed by atoms with Crippen molar-refractivity contribution in [1.82, 2.24) is 15.1 Å². The van der Waals surface area contributed by atoms with Crippen molar-refractivity contribution in [3.05, 3.63) is 35.0 Å². The first kappa shape index (κ1) is 23.1. The lowest BCUT2D eigenvalue weighted by Crippen LogP contribution is -2.52. The molecule has 0 saturated carbocycles. The van der Waals surface area contributed by atoms with Gasteiger partial charge in [-0.15, -0.1) is 0 Å². The van der Waals surface area contributed by atoms with Gasteiger partial charge in [0, 0.05) is 31.9 Å². The monoisotopic (exact) mass is 403 g/mol. The minimum Gasteiger partial charge on any atom is -0.497 e. The number of nitrogens with one attached hydrogen (secondary N) is 1. The van der Waals surface area contributed by atoms with Crippen LogP contribution in [0.1, 0.15) is 38.3 Å². The Labute approximate surface area is 175 Å². The van der Waals surface area contributed by atoms with E-state index in [1.165, 1.54) is 16.8 Å². The third kappa shape index (κ3) is 4.86. The van der Waals surface area contributed by atoms with Gasteiger partial charge in [0.1, 0.15) is 11.5 Å². The fraction of sp³-hybridized carbons (Fsp3) is 0.609. The first-order chi connectivity index (χ1) is 13.8. The van der Waals surface area contributed by atoms with Gasteiger partial charge in [0.05, 0.1) is 19.8 Å². The number of carbonyl (C=O) groups is 1. The first-order valence-corrected chi connectivity index (χ1v) is 10.4. The van der Waals surface area contributed by atoms with E-state index in [1.54, 1.807) is 14.2 Å². The van der Waals surface area contributed by atoms with Crippen LogP contribution in [0.2, 0.25) is 0 Å². The highest BCUT2D eigenvalue weighted by molar-refractivity contribution is 5.52. The highest BCUT2D eigenvalue weighted by atomic mass is 16.5. The SMILES string of the molecule is CCN(C=O)C(C)(CCNC)/C1=C/[C@H](C)Cc2c(cc(OC)cc2OC)CN1C. The molecular weight excluding hydrogens is 366 g/mol. The van der Waals surface area contributed by atoms with Crippen molar-refractivity contribution in [1.29, 1.82) is 0 Å². The number of ether oxygens (including phenoxy) is 2. The molecule has 0 spiro atoms. The largest absolute Gasteiger partial charge is 0.497 e. The number of methoxy groups -OCH3 is 2. The summed E-state index contributed by atoms with van der Waals surface area (Å²) in [4.78, 5) is 16.1. The number of nitrogens with zero attached hydrogens (tertiary/aromatic N) is 2. The van der Waals surface area contributed by atoms with E-state index >= 15 is 0 Å². The van der Waals surface area contributed by atoms with Gasteiger partial charge in [-0.3, -0.25) is 4.79 Å². The topological polar surface area (TPSA) is 54.0 Å². The van der Waals surface area contributed by atoms with E-state index in [0.29, 0.717) is 12.5 Å². The van der Waals surface area contributed by atoms with Gasteiger partial charge in [0.2, 0.25) is 6.41 Å².